The van der Waals surface area contributed by atoms with Gasteiger partial charge in [-0.05, 0) is 42.9 Å². The van der Waals surface area contributed by atoms with Gasteiger partial charge in [-0.1, -0.05) is 34.1 Å². The summed E-state index contributed by atoms with van der Waals surface area (Å²) in [5.74, 6) is 0. The van der Waals surface area contributed by atoms with E-state index >= 15 is 0 Å². The maximum absolute atomic E-state index is 5.45. The van der Waals surface area contributed by atoms with Crippen molar-refractivity contribution in [2.24, 2.45) is 0 Å². The van der Waals surface area contributed by atoms with E-state index < -0.39 is 0 Å². The lowest BCUT2D eigenvalue weighted by atomic mass is 9.99. The molecule has 3 nitrogen and oxygen atoms in total. The lowest BCUT2D eigenvalue weighted by molar-refractivity contribution is 0.0384. The number of aryl methyl sites for hydroxylation is 1. The number of nitrogens with zero attached hydrogens (tertiary/aromatic N) is 2. The van der Waals surface area contributed by atoms with Gasteiger partial charge in [-0.25, -0.2) is 0 Å². The summed E-state index contributed by atoms with van der Waals surface area (Å²) in [7, 11) is 1.83. The van der Waals surface area contributed by atoms with Crippen LogP contribution in [0.2, 0.25) is 0 Å². The van der Waals surface area contributed by atoms with Gasteiger partial charge < -0.3 is 4.74 Å². The molecule has 0 aliphatic carbocycles. The van der Waals surface area contributed by atoms with Gasteiger partial charge in [0.05, 0.1) is 11.8 Å². The maximum Gasteiger partial charge on any atom is 0.0595 e. The number of aromatic nitrogens is 1. The molecule has 3 heteroatoms. The highest BCUT2D eigenvalue weighted by Gasteiger charge is 2.20. The zero-order valence-corrected chi connectivity index (χ0v) is 15.2. The van der Waals surface area contributed by atoms with Crippen molar-refractivity contribution in [2.45, 2.75) is 72.4 Å². The molecule has 0 amide bonds. The fourth-order valence-electron chi connectivity index (χ4n) is 3.12. The third kappa shape index (κ3) is 5.36. The molecular weight excluding hydrogens is 272 g/mol. The molecule has 2 rings (SSSR count). The SMILES string of the molecule is CC.CCCc1c(CC)ccnc1CN1CCC(OC)CC1. The van der Waals surface area contributed by atoms with Crippen LogP contribution in [0.1, 0.15) is 63.8 Å². The van der Waals surface area contributed by atoms with Gasteiger partial charge in [-0.2, -0.15) is 0 Å². The monoisotopic (exact) mass is 306 g/mol. The zero-order chi connectivity index (χ0) is 16.4. The van der Waals surface area contributed by atoms with Gasteiger partial charge in [0.1, 0.15) is 0 Å². The molecule has 22 heavy (non-hydrogen) atoms. The highest BCUT2D eigenvalue weighted by Crippen LogP contribution is 2.20. The third-order valence-corrected chi connectivity index (χ3v) is 4.36. The molecule has 1 fully saturated rings. The normalized spacial score (nSPS) is 16.2. The van der Waals surface area contributed by atoms with Crippen LogP contribution in [0.4, 0.5) is 0 Å². The smallest absolute Gasteiger partial charge is 0.0595 e. The van der Waals surface area contributed by atoms with Gasteiger partial charge in [0.2, 0.25) is 0 Å². The molecule has 0 unspecified atom stereocenters. The quantitative estimate of drug-likeness (QED) is 0.786. The van der Waals surface area contributed by atoms with E-state index in [1.807, 2.05) is 27.2 Å². The molecule has 1 aromatic heterocycles. The van der Waals surface area contributed by atoms with Crippen LogP contribution in [0.3, 0.4) is 0 Å². The summed E-state index contributed by atoms with van der Waals surface area (Å²) >= 11 is 0. The number of methoxy groups -OCH3 is 1. The first-order valence-corrected chi connectivity index (χ1v) is 8.99. The van der Waals surface area contributed by atoms with E-state index in [1.165, 1.54) is 23.2 Å². The van der Waals surface area contributed by atoms with Gasteiger partial charge in [-0.3, -0.25) is 9.88 Å². The number of likely N-dealkylation sites (tertiary alicyclic amines) is 1. The van der Waals surface area contributed by atoms with Crippen molar-refractivity contribution in [3.8, 4) is 0 Å². The molecule has 1 saturated heterocycles. The van der Waals surface area contributed by atoms with Crippen molar-refractivity contribution in [1.82, 2.24) is 9.88 Å². The number of hydrogen-bond donors (Lipinski definition) is 0. The number of piperidine rings is 1. The minimum Gasteiger partial charge on any atom is -0.381 e. The molecule has 0 saturated carbocycles. The van der Waals surface area contributed by atoms with Crippen molar-refractivity contribution in [3.05, 3.63) is 29.1 Å². The van der Waals surface area contributed by atoms with E-state index in [4.69, 9.17) is 4.74 Å². The standard InChI is InChI=1S/C17H28N2O.C2H6/c1-4-6-16-14(5-2)7-10-18-17(16)13-19-11-8-15(20-3)9-12-19;1-2/h7,10,15H,4-6,8-9,11-13H2,1-3H3;1-2H3. The van der Waals surface area contributed by atoms with Gasteiger partial charge in [0.15, 0.2) is 0 Å². The second-order valence-corrected chi connectivity index (χ2v) is 5.71. The molecule has 0 N–H and O–H groups in total. The number of hydrogen-bond acceptors (Lipinski definition) is 3. The minimum atomic E-state index is 0.455. The van der Waals surface area contributed by atoms with E-state index in [0.717, 1.165) is 45.3 Å². The number of ether oxygens (including phenoxy) is 1. The van der Waals surface area contributed by atoms with Crippen LogP contribution in [0.25, 0.3) is 0 Å². The van der Waals surface area contributed by atoms with E-state index in [2.05, 4.69) is 29.8 Å². The van der Waals surface area contributed by atoms with Gasteiger partial charge in [0, 0.05) is 32.9 Å². The van der Waals surface area contributed by atoms with Gasteiger partial charge in [-0.15, -0.1) is 0 Å². The van der Waals surface area contributed by atoms with Crippen molar-refractivity contribution in [2.75, 3.05) is 20.2 Å². The van der Waals surface area contributed by atoms with E-state index in [0.29, 0.717) is 6.10 Å². The summed E-state index contributed by atoms with van der Waals surface area (Å²) in [6.45, 7) is 11.7. The topological polar surface area (TPSA) is 25.4 Å². The fraction of sp³-hybridized carbons (Fsp3) is 0.737. The van der Waals surface area contributed by atoms with Crippen LogP contribution in [-0.2, 0) is 24.1 Å². The molecule has 0 aromatic carbocycles. The Bertz CT molecular complexity index is 412. The molecule has 1 aliphatic heterocycles. The molecule has 0 radical (unpaired) electrons. The van der Waals surface area contributed by atoms with Crippen molar-refractivity contribution in [3.63, 3.8) is 0 Å². The maximum atomic E-state index is 5.45. The molecule has 0 atom stereocenters. The van der Waals surface area contributed by atoms with E-state index in [1.54, 1.807) is 0 Å². The Morgan fingerprint density at radius 2 is 1.91 bits per heavy atom. The van der Waals surface area contributed by atoms with Crippen LogP contribution >= 0.6 is 0 Å². The lowest BCUT2D eigenvalue weighted by Crippen LogP contribution is -2.36. The van der Waals surface area contributed by atoms with Crippen LogP contribution in [0.15, 0.2) is 12.3 Å². The first-order valence-electron chi connectivity index (χ1n) is 8.99. The van der Waals surface area contributed by atoms with Crippen molar-refractivity contribution >= 4 is 0 Å². The average Bonchev–Trinajstić information content (AvgIpc) is 2.59. The number of rotatable bonds is 6. The second kappa shape index (κ2) is 10.7. The minimum absolute atomic E-state index is 0.455. The first-order chi connectivity index (χ1) is 10.8. The van der Waals surface area contributed by atoms with Crippen LogP contribution < -0.4 is 0 Å². The first kappa shape index (κ1) is 19.1. The summed E-state index contributed by atoms with van der Waals surface area (Å²) < 4.78 is 5.45. The molecule has 0 spiro atoms. The largest absolute Gasteiger partial charge is 0.381 e. The highest BCUT2D eigenvalue weighted by atomic mass is 16.5. The summed E-state index contributed by atoms with van der Waals surface area (Å²) in [5, 5.41) is 0. The predicted molar refractivity (Wildman–Crippen MR) is 94.3 cm³/mol. The molecule has 126 valence electrons. The number of pyridine rings is 1. The molecule has 0 bridgehead atoms. The van der Waals surface area contributed by atoms with Crippen LogP contribution in [0, 0.1) is 0 Å². The molecule has 1 aromatic rings. The molecule has 2 heterocycles. The molecular formula is C19H34N2O. The highest BCUT2D eigenvalue weighted by molar-refractivity contribution is 5.30. The molecule has 1 aliphatic rings. The summed E-state index contributed by atoms with van der Waals surface area (Å²) in [6, 6.07) is 2.19. The lowest BCUT2D eigenvalue weighted by Gasteiger charge is -2.31. The zero-order valence-electron chi connectivity index (χ0n) is 15.2. The third-order valence-electron chi connectivity index (χ3n) is 4.36. The van der Waals surface area contributed by atoms with Crippen LogP contribution in [-0.4, -0.2) is 36.2 Å². The Kier molecular flexibility index (Phi) is 9.33. The Hall–Kier alpha value is -0.930. The van der Waals surface area contributed by atoms with E-state index in [-0.39, 0.29) is 0 Å². The van der Waals surface area contributed by atoms with Gasteiger partial charge in [0.25, 0.3) is 0 Å². The van der Waals surface area contributed by atoms with Crippen LogP contribution in [0.5, 0.6) is 0 Å². The predicted octanol–water partition coefficient (Wildman–Crippen LogP) is 4.23. The van der Waals surface area contributed by atoms with Gasteiger partial charge >= 0.3 is 0 Å². The Morgan fingerprint density at radius 3 is 2.45 bits per heavy atom. The Labute approximate surface area is 137 Å². The summed E-state index contributed by atoms with van der Waals surface area (Å²) in [4.78, 5) is 7.19. The average molecular weight is 306 g/mol. The van der Waals surface area contributed by atoms with Crippen molar-refractivity contribution in [1.29, 1.82) is 0 Å². The Balaban J connectivity index is 0.00000116. The summed E-state index contributed by atoms with van der Waals surface area (Å²) in [6.07, 6.45) is 8.18. The summed E-state index contributed by atoms with van der Waals surface area (Å²) in [5.41, 5.74) is 4.26. The fourth-order valence-corrected chi connectivity index (χ4v) is 3.12. The Morgan fingerprint density at radius 1 is 1.23 bits per heavy atom. The van der Waals surface area contributed by atoms with Crippen molar-refractivity contribution < 1.29 is 4.74 Å². The van der Waals surface area contributed by atoms with E-state index in [9.17, 15) is 0 Å². The second-order valence-electron chi connectivity index (χ2n) is 5.71.